The van der Waals surface area contributed by atoms with Crippen molar-refractivity contribution in [2.45, 2.75) is 44.6 Å². The van der Waals surface area contributed by atoms with E-state index in [9.17, 15) is 4.79 Å². The fourth-order valence-corrected chi connectivity index (χ4v) is 2.62. The third-order valence-corrected chi connectivity index (χ3v) is 4.06. The van der Waals surface area contributed by atoms with Gasteiger partial charge in [-0.3, -0.25) is 4.79 Å². The predicted molar refractivity (Wildman–Crippen MR) is 72.5 cm³/mol. The highest BCUT2D eigenvalue weighted by atomic mass is 16.1. The Hall–Kier alpha value is -1.29. The summed E-state index contributed by atoms with van der Waals surface area (Å²) in [5.41, 5.74) is 7.89. The van der Waals surface area contributed by atoms with Gasteiger partial charge in [0.05, 0.1) is 0 Å². The van der Waals surface area contributed by atoms with Gasteiger partial charge in [-0.05, 0) is 31.9 Å². The molecule has 18 heavy (non-hydrogen) atoms. The van der Waals surface area contributed by atoms with Gasteiger partial charge in [0.25, 0.3) is 5.91 Å². The van der Waals surface area contributed by atoms with Crippen LogP contribution >= 0.6 is 0 Å². The normalized spacial score (nSPS) is 18.6. The number of aromatic nitrogens is 1. The molecule has 1 aliphatic rings. The van der Waals surface area contributed by atoms with E-state index in [1.807, 2.05) is 30.7 Å². The summed E-state index contributed by atoms with van der Waals surface area (Å²) in [6, 6.07) is 3.81. The highest BCUT2D eigenvalue weighted by molar-refractivity contribution is 5.92. The van der Waals surface area contributed by atoms with E-state index in [1.54, 1.807) is 0 Å². The minimum absolute atomic E-state index is 0.0269. The highest BCUT2D eigenvalue weighted by Gasteiger charge is 2.28. The van der Waals surface area contributed by atoms with Crippen molar-refractivity contribution in [2.24, 2.45) is 12.8 Å². The Morgan fingerprint density at radius 2 is 2.06 bits per heavy atom. The molecule has 1 saturated carbocycles. The average Bonchev–Trinajstić information content (AvgIpc) is 2.68. The quantitative estimate of drug-likeness (QED) is 0.857. The fraction of sp³-hybridized carbons (Fsp3) is 0.643. The zero-order valence-electron chi connectivity index (χ0n) is 11.3. The maximum atomic E-state index is 12.1. The van der Waals surface area contributed by atoms with Gasteiger partial charge in [-0.25, -0.2) is 0 Å². The topological polar surface area (TPSA) is 60.1 Å². The molecule has 1 aromatic rings. The van der Waals surface area contributed by atoms with Crippen LogP contribution in [0, 0.1) is 6.92 Å². The van der Waals surface area contributed by atoms with Gasteiger partial charge in [0.2, 0.25) is 0 Å². The van der Waals surface area contributed by atoms with Gasteiger partial charge in [0, 0.05) is 24.8 Å². The fourth-order valence-electron chi connectivity index (χ4n) is 2.62. The number of carbonyl (C=O) groups is 1. The van der Waals surface area contributed by atoms with Gasteiger partial charge < -0.3 is 15.6 Å². The Morgan fingerprint density at radius 1 is 1.39 bits per heavy atom. The SMILES string of the molecule is Cc1ccc(C(=O)NCC2(N)CCCCC2)n1C. The van der Waals surface area contributed by atoms with Crippen molar-refractivity contribution in [3.8, 4) is 0 Å². The molecule has 0 spiro atoms. The minimum Gasteiger partial charge on any atom is -0.349 e. The summed E-state index contributed by atoms with van der Waals surface area (Å²) in [6.07, 6.45) is 5.65. The number of carbonyl (C=O) groups excluding carboxylic acids is 1. The lowest BCUT2D eigenvalue weighted by Gasteiger charge is -2.33. The standard InChI is InChI=1S/C14H23N3O/c1-11-6-7-12(17(11)2)13(18)16-10-14(15)8-4-3-5-9-14/h6-7H,3-5,8-10,15H2,1-2H3,(H,16,18). The van der Waals surface area contributed by atoms with E-state index < -0.39 is 0 Å². The molecule has 1 fully saturated rings. The molecule has 2 rings (SSSR count). The summed E-state index contributed by atoms with van der Waals surface area (Å²) in [5, 5.41) is 2.98. The van der Waals surface area contributed by atoms with Crippen molar-refractivity contribution in [1.29, 1.82) is 0 Å². The summed E-state index contributed by atoms with van der Waals surface area (Å²) in [4.78, 5) is 12.1. The second kappa shape index (κ2) is 5.14. The molecule has 3 N–H and O–H groups in total. The molecule has 1 amide bonds. The van der Waals surface area contributed by atoms with Crippen molar-refractivity contribution in [3.63, 3.8) is 0 Å². The molecule has 1 aliphatic carbocycles. The summed E-state index contributed by atoms with van der Waals surface area (Å²) in [7, 11) is 1.91. The van der Waals surface area contributed by atoms with Crippen LogP contribution in [0.1, 0.15) is 48.3 Å². The zero-order valence-corrected chi connectivity index (χ0v) is 11.3. The highest BCUT2D eigenvalue weighted by Crippen LogP contribution is 2.25. The van der Waals surface area contributed by atoms with Crippen LogP contribution in [0.25, 0.3) is 0 Å². The molecular weight excluding hydrogens is 226 g/mol. The Balaban J connectivity index is 1.94. The van der Waals surface area contributed by atoms with Gasteiger partial charge in [-0.2, -0.15) is 0 Å². The lowest BCUT2D eigenvalue weighted by molar-refractivity contribution is 0.0929. The Bertz CT molecular complexity index is 430. The first kappa shape index (κ1) is 13.1. The molecular formula is C14H23N3O. The molecule has 1 heterocycles. The molecule has 0 saturated heterocycles. The smallest absolute Gasteiger partial charge is 0.267 e. The zero-order chi connectivity index (χ0) is 13.2. The lowest BCUT2D eigenvalue weighted by atomic mass is 9.82. The molecule has 4 heteroatoms. The van der Waals surface area contributed by atoms with Crippen LogP contribution in [0.5, 0.6) is 0 Å². The Morgan fingerprint density at radius 3 is 2.61 bits per heavy atom. The van der Waals surface area contributed by atoms with E-state index in [2.05, 4.69) is 5.32 Å². The second-order valence-corrected chi connectivity index (χ2v) is 5.52. The summed E-state index contributed by atoms with van der Waals surface area (Å²) >= 11 is 0. The number of aryl methyl sites for hydroxylation is 1. The molecule has 1 aromatic heterocycles. The molecule has 0 bridgehead atoms. The first-order valence-electron chi connectivity index (χ1n) is 6.71. The van der Waals surface area contributed by atoms with E-state index in [0.29, 0.717) is 12.2 Å². The maximum absolute atomic E-state index is 12.1. The number of hydrogen-bond acceptors (Lipinski definition) is 2. The average molecular weight is 249 g/mol. The van der Waals surface area contributed by atoms with Crippen LogP contribution in [0.4, 0.5) is 0 Å². The van der Waals surface area contributed by atoms with E-state index in [1.165, 1.54) is 19.3 Å². The first-order valence-corrected chi connectivity index (χ1v) is 6.71. The number of nitrogens with zero attached hydrogens (tertiary/aromatic N) is 1. The van der Waals surface area contributed by atoms with Crippen LogP contribution in [0.3, 0.4) is 0 Å². The molecule has 0 aliphatic heterocycles. The van der Waals surface area contributed by atoms with E-state index in [4.69, 9.17) is 5.73 Å². The summed E-state index contributed by atoms with van der Waals surface area (Å²) in [6.45, 7) is 2.57. The van der Waals surface area contributed by atoms with E-state index >= 15 is 0 Å². The monoisotopic (exact) mass is 249 g/mol. The number of hydrogen-bond donors (Lipinski definition) is 2. The van der Waals surface area contributed by atoms with Gasteiger partial charge in [0.1, 0.15) is 5.69 Å². The van der Waals surface area contributed by atoms with E-state index in [0.717, 1.165) is 18.5 Å². The third kappa shape index (κ3) is 2.75. The number of nitrogens with one attached hydrogen (secondary N) is 1. The Labute approximate surface area is 109 Å². The third-order valence-electron chi connectivity index (χ3n) is 4.06. The van der Waals surface area contributed by atoms with Crippen LogP contribution in [0.2, 0.25) is 0 Å². The number of amides is 1. The van der Waals surface area contributed by atoms with Crippen molar-refractivity contribution in [2.75, 3.05) is 6.54 Å². The van der Waals surface area contributed by atoms with Crippen LogP contribution in [-0.4, -0.2) is 22.6 Å². The van der Waals surface area contributed by atoms with Crippen molar-refractivity contribution < 1.29 is 4.79 Å². The molecule has 0 unspecified atom stereocenters. The predicted octanol–water partition coefficient (Wildman–Crippen LogP) is 1.72. The summed E-state index contributed by atoms with van der Waals surface area (Å²) < 4.78 is 1.90. The number of nitrogens with two attached hydrogens (primary N) is 1. The van der Waals surface area contributed by atoms with Gasteiger partial charge >= 0.3 is 0 Å². The molecule has 4 nitrogen and oxygen atoms in total. The summed E-state index contributed by atoms with van der Waals surface area (Å²) in [5.74, 6) is -0.0269. The number of rotatable bonds is 3. The van der Waals surface area contributed by atoms with Gasteiger partial charge in [-0.1, -0.05) is 19.3 Å². The van der Waals surface area contributed by atoms with Crippen LogP contribution < -0.4 is 11.1 Å². The van der Waals surface area contributed by atoms with Crippen LogP contribution in [0.15, 0.2) is 12.1 Å². The maximum Gasteiger partial charge on any atom is 0.267 e. The van der Waals surface area contributed by atoms with Gasteiger partial charge in [0.15, 0.2) is 0 Å². The molecule has 100 valence electrons. The first-order chi connectivity index (χ1) is 8.52. The Kier molecular flexibility index (Phi) is 3.76. The molecule has 0 radical (unpaired) electrons. The van der Waals surface area contributed by atoms with Crippen molar-refractivity contribution >= 4 is 5.91 Å². The van der Waals surface area contributed by atoms with Crippen molar-refractivity contribution in [3.05, 3.63) is 23.5 Å². The largest absolute Gasteiger partial charge is 0.349 e. The molecule has 0 atom stereocenters. The van der Waals surface area contributed by atoms with Crippen LogP contribution in [-0.2, 0) is 7.05 Å². The van der Waals surface area contributed by atoms with Crippen molar-refractivity contribution in [1.82, 2.24) is 9.88 Å². The second-order valence-electron chi connectivity index (χ2n) is 5.52. The lowest BCUT2D eigenvalue weighted by Crippen LogP contribution is -2.51. The minimum atomic E-state index is -0.200. The van der Waals surface area contributed by atoms with E-state index in [-0.39, 0.29) is 11.4 Å². The van der Waals surface area contributed by atoms with Gasteiger partial charge in [-0.15, -0.1) is 0 Å². The molecule has 0 aromatic carbocycles.